The molecular formula is C27H30O4S. The minimum atomic E-state index is -1.09. The van der Waals surface area contributed by atoms with Gasteiger partial charge in [-0.3, -0.25) is 4.79 Å². The Balaban J connectivity index is 2.06. The Morgan fingerprint density at radius 1 is 1.00 bits per heavy atom. The van der Waals surface area contributed by atoms with E-state index in [1.807, 2.05) is 54.2 Å². The molecule has 0 bridgehead atoms. The molecule has 3 N–H and O–H groups in total. The molecule has 0 radical (unpaired) electrons. The van der Waals surface area contributed by atoms with Gasteiger partial charge in [0, 0.05) is 12.2 Å². The molecule has 0 spiro atoms. The van der Waals surface area contributed by atoms with Crippen LogP contribution in [-0.2, 0) is 4.79 Å². The van der Waals surface area contributed by atoms with Gasteiger partial charge in [-0.1, -0.05) is 86.7 Å². The van der Waals surface area contributed by atoms with E-state index in [9.17, 15) is 15.0 Å². The number of hydrogen-bond acceptors (Lipinski definition) is 4. The van der Waals surface area contributed by atoms with E-state index in [2.05, 4.69) is 38.1 Å². The summed E-state index contributed by atoms with van der Waals surface area (Å²) in [5.74, 6) is 0.0910. The lowest BCUT2D eigenvalue weighted by molar-refractivity contribution is -0.139. The molecule has 0 aliphatic carbocycles. The van der Waals surface area contributed by atoms with Gasteiger partial charge >= 0.3 is 5.97 Å². The molecule has 32 heavy (non-hydrogen) atoms. The minimum Gasteiger partial charge on any atom is -0.481 e. The summed E-state index contributed by atoms with van der Waals surface area (Å²) in [6.07, 6.45) is 1.18. The third kappa shape index (κ3) is 6.22. The van der Waals surface area contributed by atoms with Gasteiger partial charge < -0.3 is 15.3 Å². The first kappa shape index (κ1) is 24.1. The standard InChI is InChI=1S/C27H30O4S/c1-18(2)27-23(14-13-21(28)15-22(29)16-25(30)31)26(20-11-7-4-8-12-20)24(17-32-27)19-9-5-3-6-10-19/h3-14,18,21-22,28-29H,15-17H2,1-2H3,(H,30,31)/b14-13+. The molecule has 168 valence electrons. The van der Waals surface area contributed by atoms with Crippen molar-refractivity contribution in [3.63, 3.8) is 0 Å². The van der Waals surface area contributed by atoms with E-state index in [0.717, 1.165) is 22.5 Å². The van der Waals surface area contributed by atoms with Crippen LogP contribution in [-0.4, -0.2) is 39.2 Å². The Hall–Kier alpha value is -2.60. The van der Waals surface area contributed by atoms with Gasteiger partial charge in [0.25, 0.3) is 0 Å². The molecule has 0 saturated carbocycles. The lowest BCUT2D eigenvalue weighted by atomic mass is 9.87. The van der Waals surface area contributed by atoms with Gasteiger partial charge in [0.2, 0.25) is 0 Å². The van der Waals surface area contributed by atoms with Crippen molar-refractivity contribution in [2.24, 2.45) is 5.92 Å². The normalized spacial score (nSPS) is 16.7. The molecule has 0 aromatic heterocycles. The Morgan fingerprint density at radius 3 is 2.16 bits per heavy atom. The second-order valence-electron chi connectivity index (χ2n) is 8.22. The van der Waals surface area contributed by atoms with E-state index in [0.29, 0.717) is 5.92 Å². The number of rotatable bonds is 9. The largest absolute Gasteiger partial charge is 0.481 e. The molecule has 1 heterocycles. The van der Waals surface area contributed by atoms with Crippen LogP contribution in [0.1, 0.15) is 37.8 Å². The van der Waals surface area contributed by atoms with Gasteiger partial charge in [-0.25, -0.2) is 0 Å². The highest BCUT2D eigenvalue weighted by atomic mass is 32.2. The second-order valence-corrected chi connectivity index (χ2v) is 9.24. The van der Waals surface area contributed by atoms with E-state index < -0.39 is 18.2 Å². The first-order valence-corrected chi connectivity index (χ1v) is 11.8. The van der Waals surface area contributed by atoms with Gasteiger partial charge in [-0.2, -0.15) is 0 Å². The zero-order valence-corrected chi connectivity index (χ0v) is 19.3. The molecule has 2 aromatic carbocycles. The molecule has 2 aromatic rings. The van der Waals surface area contributed by atoms with E-state index in [1.165, 1.54) is 16.0 Å². The monoisotopic (exact) mass is 450 g/mol. The first-order valence-electron chi connectivity index (χ1n) is 10.8. The van der Waals surface area contributed by atoms with Crippen molar-refractivity contribution in [3.05, 3.63) is 94.4 Å². The van der Waals surface area contributed by atoms with Gasteiger partial charge in [-0.15, -0.1) is 11.8 Å². The molecule has 5 heteroatoms. The average molecular weight is 451 g/mol. The molecular weight excluding hydrogens is 420 g/mol. The lowest BCUT2D eigenvalue weighted by Crippen LogP contribution is -2.19. The minimum absolute atomic E-state index is 0.0177. The van der Waals surface area contributed by atoms with E-state index in [-0.39, 0.29) is 12.8 Å². The SMILES string of the molecule is CC(C)C1=C(/C=C/C(O)CC(O)CC(=O)O)C(c2ccccc2)=C(c2ccccc2)CS1. The predicted molar refractivity (Wildman–Crippen MR) is 132 cm³/mol. The third-order valence-electron chi connectivity index (χ3n) is 5.33. The van der Waals surface area contributed by atoms with Crippen LogP contribution in [0.5, 0.6) is 0 Å². The number of aliphatic carboxylic acids is 1. The molecule has 0 amide bonds. The number of carboxylic acid groups (broad SMARTS) is 1. The number of thioether (sulfide) groups is 1. The van der Waals surface area contributed by atoms with Crippen molar-refractivity contribution in [2.75, 3.05) is 5.75 Å². The average Bonchev–Trinajstić information content (AvgIpc) is 2.77. The highest BCUT2D eigenvalue weighted by Crippen LogP contribution is 2.46. The van der Waals surface area contributed by atoms with Crippen LogP contribution < -0.4 is 0 Å². The number of hydrogen-bond donors (Lipinski definition) is 3. The van der Waals surface area contributed by atoms with Crippen molar-refractivity contribution in [2.45, 2.75) is 38.9 Å². The van der Waals surface area contributed by atoms with Gasteiger partial charge in [0.05, 0.1) is 18.6 Å². The van der Waals surface area contributed by atoms with Crippen LogP contribution in [0.15, 0.2) is 83.3 Å². The van der Waals surface area contributed by atoms with E-state index in [4.69, 9.17) is 5.11 Å². The number of carboxylic acids is 1. The Labute approximate surface area is 194 Å². The molecule has 1 aliphatic heterocycles. The highest BCUT2D eigenvalue weighted by molar-refractivity contribution is 8.03. The number of benzene rings is 2. The van der Waals surface area contributed by atoms with Gasteiger partial charge in [-0.05, 0) is 38.7 Å². The molecule has 0 fully saturated rings. The van der Waals surface area contributed by atoms with Crippen molar-refractivity contribution in [1.82, 2.24) is 0 Å². The number of aliphatic hydroxyl groups is 2. The van der Waals surface area contributed by atoms with Crippen LogP contribution in [0, 0.1) is 5.92 Å². The first-order chi connectivity index (χ1) is 15.4. The zero-order chi connectivity index (χ0) is 23.1. The molecule has 2 unspecified atom stereocenters. The number of aliphatic hydroxyl groups excluding tert-OH is 2. The second kappa shape index (κ2) is 11.3. The third-order valence-corrected chi connectivity index (χ3v) is 6.76. The fourth-order valence-corrected chi connectivity index (χ4v) is 5.15. The van der Waals surface area contributed by atoms with Crippen molar-refractivity contribution < 1.29 is 20.1 Å². The highest BCUT2D eigenvalue weighted by Gasteiger charge is 2.25. The molecule has 3 rings (SSSR count). The summed E-state index contributed by atoms with van der Waals surface area (Å²) in [5, 5.41) is 29.2. The maximum absolute atomic E-state index is 10.8. The van der Waals surface area contributed by atoms with Crippen molar-refractivity contribution >= 4 is 28.9 Å². The topological polar surface area (TPSA) is 77.8 Å². The lowest BCUT2D eigenvalue weighted by Gasteiger charge is -2.27. The summed E-state index contributed by atoms with van der Waals surface area (Å²) in [7, 11) is 0. The van der Waals surface area contributed by atoms with Crippen LogP contribution in [0.4, 0.5) is 0 Å². The fraction of sp³-hybridized carbons (Fsp3) is 0.296. The Kier molecular flexibility index (Phi) is 8.51. The number of carbonyl (C=O) groups is 1. The molecule has 4 nitrogen and oxygen atoms in total. The smallest absolute Gasteiger partial charge is 0.305 e. The van der Waals surface area contributed by atoms with Crippen LogP contribution in [0.3, 0.4) is 0 Å². The van der Waals surface area contributed by atoms with Crippen LogP contribution in [0.25, 0.3) is 11.1 Å². The van der Waals surface area contributed by atoms with E-state index in [1.54, 1.807) is 6.08 Å². The molecule has 0 saturated heterocycles. The summed E-state index contributed by atoms with van der Waals surface area (Å²) in [6, 6.07) is 20.6. The predicted octanol–water partition coefficient (Wildman–Crippen LogP) is 5.40. The Bertz CT molecular complexity index is 1010. The number of allylic oxidation sites excluding steroid dienone is 4. The fourth-order valence-electron chi connectivity index (χ4n) is 3.88. The Morgan fingerprint density at radius 2 is 1.59 bits per heavy atom. The molecule has 2 atom stereocenters. The summed E-state index contributed by atoms with van der Waals surface area (Å²) >= 11 is 1.82. The summed E-state index contributed by atoms with van der Waals surface area (Å²) < 4.78 is 0. The van der Waals surface area contributed by atoms with Crippen molar-refractivity contribution in [1.29, 1.82) is 0 Å². The summed E-state index contributed by atoms with van der Waals surface area (Å²) in [5.41, 5.74) is 5.74. The van der Waals surface area contributed by atoms with Gasteiger partial charge in [0.1, 0.15) is 0 Å². The maximum atomic E-state index is 10.8. The summed E-state index contributed by atoms with van der Waals surface area (Å²) in [4.78, 5) is 12.1. The summed E-state index contributed by atoms with van der Waals surface area (Å²) in [6.45, 7) is 4.33. The zero-order valence-electron chi connectivity index (χ0n) is 18.4. The molecule has 1 aliphatic rings. The maximum Gasteiger partial charge on any atom is 0.305 e. The van der Waals surface area contributed by atoms with Gasteiger partial charge in [0.15, 0.2) is 0 Å². The van der Waals surface area contributed by atoms with Crippen LogP contribution in [0.2, 0.25) is 0 Å². The van der Waals surface area contributed by atoms with Crippen LogP contribution >= 0.6 is 11.8 Å². The quantitative estimate of drug-likeness (QED) is 0.477. The van der Waals surface area contributed by atoms with E-state index >= 15 is 0 Å². The van der Waals surface area contributed by atoms with Crippen molar-refractivity contribution in [3.8, 4) is 0 Å².